The second-order valence-electron chi connectivity index (χ2n) is 7.55. The van der Waals surface area contributed by atoms with Gasteiger partial charge in [-0.25, -0.2) is 0 Å². The van der Waals surface area contributed by atoms with E-state index in [0.717, 1.165) is 19.4 Å². The lowest BCUT2D eigenvalue weighted by Crippen LogP contribution is -2.32. The molecule has 0 saturated heterocycles. The van der Waals surface area contributed by atoms with Gasteiger partial charge in [-0.2, -0.15) is 0 Å². The van der Waals surface area contributed by atoms with Crippen molar-refractivity contribution in [2.24, 2.45) is 11.5 Å². The lowest BCUT2D eigenvalue weighted by molar-refractivity contribution is 0.0525. The van der Waals surface area contributed by atoms with Gasteiger partial charge >= 0.3 is 0 Å². The average molecular weight is 389 g/mol. The van der Waals surface area contributed by atoms with Crippen LogP contribution in [0.4, 0.5) is 0 Å². The molecule has 5 heteroatoms. The molecule has 0 radical (unpaired) electrons. The molecule has 0 rings (SSSR count). The predicted molar refractivity (Wildman–Crippen MR) is 115 cm³/mol. The van der Waals surface area contributed by atoms with Crippen LogP contribution >= 0.6 is 0 Å². The van der Waals surface area contributed by atoms with Crippen LogP contribution in [0.15, 0.2) is 0 Å². The number of hydrogen-bond donors (Lipinski definition) is 2. The summed E-state index contributed by atoms with van der Waals surface area (Å²) in [6, 6.07) is -0.0349. The Morgan fingerprint density at radius 2 is 1.00 bits per heavy atom. The Hall–Kier alpha value is -0.200. The largest absolute Gasteiger partial charge is 0.380 e. The summed E-state index contributed by atoms with van der Waals surface area (Å²) < 4.78 is 16.5. The Bertz CT molecular complexity index is 268. The fourth-order valence-corrected chi connectivity index (χ4v) is 3.01. The molecule has 0 bridgehead atoms. The van der Waals surface area contributed by atoms with Crippen LogP contribution in [0.3, 0.4) is 0 Å². The highest BCUT2D eigenvalue weighted by Gasteiger charge is 2.03. The summed E-state index contributed by atoms with van der Waals surface area (Å²) in [5, 5.41) is 0. The molecule has 0 aliphatic carbocycles. The van der Waals surface area contributed by atoms with Crippen LogP contribution in [0.2, 0.25) is 0 Å². The van der Waals surface area contributed by atoms with Crippen LogP contribution in [0, 0.1) is 0 Å². The third-order valence-corrected chi connectivity index (χ3v) is 4.65. The van der Waals surface area contributed by atoms with Crippen molar-refractivity contribution in [3.8, 4) is 0 Å². The van der Waals surface area contributed by atoms with Crippen LogP contribution in [-0.4, -0.2) is 52.2 Å². The SMILES string of the molecule is CCCCCCCCCCCCCCOCC(N)COCCCOCCN. The highest BCUT2D eigenvalue weighted by molar-refractivity contribution is 4.58. The first-order chi connectivity index (χ1) is 13.3. The summed E-state index contributed by atoms with van der Waals surface area (Å²) in [6.07, 6.45) is 17.3. The Morgan fingerprint density at radius 3 is 1.52 bits per heavy atom. The van der Waals surface area contributed by atoms with E-state index in [4.69, 9.17) is 25.7 Å². The molecule has 0 aliphatic heterocycles. The van der Waals surface area contributed by atoms with Gasteiger partial charge in [0.2, 0.25) is 0 Å². The van der Waals surface area contributed by atoms with Crippen LogP contribution in [0.25, 0.3) is 0 Å². The molecular weight excluding hydrogens is 340 g/mol. The van der Waals surface area contributed by atoms with Crippen molar-refractivity contribution in [3.63, 3.8) is 0 Å². The van der Waals surface area contributed by atoms with Gasteiger partial charge in [0.1, 0.15) is 0 Å². The van der Waals surface area contributed by atoms with E-state index in [1.807, 2.05) is 0 Å². The summed E-state index contributed by atoms with van der Waals surface area (Å²) >= 11 is 0. The van der Waals surface area contributed by atoms with Crippen molar-refractivity contribution in [2.75, 3.05) is 46.2 Å². The third kappa shape index (κ3) is 23.8. The second-order valence-corrected chi connectivity index (χ2v) is 7.55. The van der Waals surface area contributed by atoms with Crippen molar-refractivity contribution in [2.45, 2.75) is 96.4 Å². The molecule has 4 N–H and O–H groups in total. The van der Waals surface area contributed by atoms with Gasteiger partial charge in [0.25, 0.3) is 0 Å². The molecule has 0 fully saturated rings. The Morgan fingerprint density at radius 1 is 0.556 bits per heavy atom. The highest BCUT2D eigenvalue weighted by Crippen LogP contribution is 2.11. The minimum absolute atomic E-state index is 0.0349. The summed E-state index contributed by atoms with van der Waals surface area (Å²) in [5.74, 6) is 0. The van der Waals surface area contributed by atoms with Crippen molar-refractivity contribution in [1.82, 2.24) is 0 Å². The minimum Gasteiger partial charge on any atom is -0.380 e. The number of ether oxygens (including phenoxy) is 3. The van der Waals surface area contributed by atoms with Gasteiger partial charge in [-0.3, -0.25) is 0 Å². The molecule has 0 spiro atoms. The minimum atomic E-state index is -0.0349. The third-order valence-electron chi connectivity index (χ3n) is 4.65. The zero-order chi connectivity index (χ0) is 19.8. The molecular formula is C22H48N2O3. The van der Waals surface area contributed by atoms with Gasteiger partial charge in [0.05, 0.1) is 25.9 Å². The zero-order valence-electron chi connectivity index (χ0n) is 18.1. The molecule has 0 saturated carbocycles. The number of rotatable bonds is 23. The molecule has 0 amide bonds. The van der Waals surface area contributed by atoms with E-state index in [0.29, 0.717) is 39.6 Å². The summed E-state index contributed by atoms with van der Waals surface area (Å²) in [4.78, 5) is 0. The van der Waals surface area contributed by atoms with Gasteiger partial charge in [-0.1, -0.05) is 77.6 Å². The van der Waals surface area contributed by atoms with Crippen LogP contribution in [0.1, 0.15) is 90.4 Å². The predicted octanol–water partition coefficient (Wildman–Crippen LogP) is 4.41. The smallest absolute Gasteiger partial charge is 0.0640 e. The molecule has 5 nitrogen and oxygen atoms in total. The molecule has 0 aromatic rings. The normalized spacial score (nSPS) is 12.6. The number of nitrogens with two attached hydrogens (primary N) is 2. The molecule has 0 heterocycles. The maximum atomic E-state index is 5.99. The maximum absolute atomic E-state index is 5.99. The number of hydrogen-bond acceptors (Lipinski definition) is 5. The number of unbranched alkanes of at least 4 members (excludes halogenated alkanes) is 11. The van der Waals surface area contributed by atoms with Crippen molar-refractivity contribution in [3.05, 3.63) is 0 Å². The molecule has 27 heavy (non-hydrogen) atoms. The second kappa shape index (κ2) is 23.8. The van der Waals surface area contributed by atoms with E-state index in [-0.39, 0.29) is 6.04 Å². The summed E-state index contributed by atoms with van der Waals surface area (Å²) in [6.45, 7) is 6.79. The summed E-state index contributed by atoms with van der Waals surface area (Å²) in [5.41, 5.74) is 11.3. The van der Waals surface area contributed by atoms with Crippen molar-refractivity contribution >= 4 is 0 Å². The lowest BCUT2D eigenvalue weighted by Gasteiger charge is -2.13. The zero-order valence-corrected chi connectivity index (χ0v) is 18.1. The van der Waals surface area contributed by atoms with Gasteiger partial charge in [0, 0.05) is 26.4 Å². The lowest BCUT2D eigenvalue weighted by atomic mass is 10.1. The Kier molecular flexibility index (Phi) is 23.7. The van der Waals surface area contributed by atoms with Gasteiger partial charge < -0.3 is 25.7 Å². The molecule has 164 valence electrons. The molecule has 0 aliphatic rings. The molecule has 0 aromatic heterocycles. The van der Waals surface area contributed by atoms with E-state index in [1.54, 1.807) is 0 Å². The molecule has 1 unspecified atom stereocenters. The highest BCUT2D eigenvalue weighted by atomic mass is 16.5. The molecule has 1 atom stereocenters. The van der Waals surface area contributed by atoms with Crippen LogP contribution < -0.4 is 11.5 Å². The first kappa shape index (κ1) is 26.8. The topological polar surface area (TPSA) is 79.7 Å². The van der Waals surface area contributed by atoms with Crippen LogP contribution in [-0.2, 0) is 14.2 Å². The fourth-order valence-electron chi connectivity index (χ4n) is 3.01. The van der Waals surface area contributed by atoms with E-state index < -0.39 is 0 Å². The quantitative estimate of drug-likeness (QED) is 0.253. The van der Waals surface area contributed by atoms with Crippen molar-refractivity contribution in [1.29, 1.82) is 0 Å². The van der Waals surface area contributed by atoms with E-state index in [9.17, 15) is 0 Å². The first-order valence-electron chi connectivity index (χ1n) is 11.5. The van der Waals surface area contributed by atoms with Crippen LogP contribution in [0.5, 0.6) is 0 Å². The summed E-state index contributed by atoms with van der Waals surface area (Å²) in [7, 11) is 0. The van der Waals surface area contributed by atoms with Crippen molar-refractivity contribution < 1.29 is 14.2 Å². The first-order valence-corrected chi connectivity index (χ1v) is 11.5. The Labute approximate surface area is 168 Å². The Balaban J connectivity index is 3.10. The standard InChI is InChI=1S/C22H48N2O3/c1-2-3-4-5-6-7-8-9-10-11-12-13-16-26-20-22(24)21-27-18-14-17-25-19-15-23/h22H,2-21,23-24H2,1H3. The van der Waals surface area contributed by atoms with E-state index >= 15 is 0 Å². The van der Waals surface area contributed by atoms with Gasteiger partial charge in [0.15, 0.2) is 0 Å². The van der Waals surface area contributed by atoms with Gasteiger partial charge in [-0.15, -0.1) is 0 Å². The monoisotopic (exact) mass is 388 g/mol. The molecule has 0 aromatic carbocycles. The van der Waals surface area contributed by atoms with E-state index in [2.05, 4.69) is 6.92 Å². The van der Waals surface area contributed by atoms with E-state index in [1.165, 1.54) is 70.6 Å². The average Bonchev–Trinajstić information content (AvgIpc) is 2.67. The van der Waals surface area contributed by atoms with Gasteiger partial charge in [-0.05, 0) is 12.8 Å². The maximum Gasteiger partial charge on any atom is 0.0640 e. The fraction of sp³-hybridized carbons (Fsp3) is 1.00.